The van der Waals surface area contributed by atoms with Crippen LogP contribution < -0.4 is 0 Å². The number of rotatable bonds is 5. The largest absolute Gasteiger partial charge is 0.308 e. The monoisotopic (exact) mass is 850 g/mol. The molecule has 5 heterocycles. The predicted molar refractivity (Wildman–Crippen MR) is 273 cm³/mol. The molecule has 0 aliphatic carbocycles. The SMILES string of the molecule is c1ccc(-c2cc(-c3ccccc3)nc(-c3cc(-n4c5ccccc5c5ccc6c7ccccc7sc6c54)cc(-n4c5ccccc5c5ccc6c7ccccc7sc6c54)c3)n2)cc1. The summed E-state index contributed by atoms with van der Waals surface area (Å²) in [6.45, 7) is 0. The van der Waals surface area contributed by atoms with Crippen LogP contribution in [0.25, 0.3) is 129 Å². The quantitative estimate of drug-likeness (QED) is 0.173. The van der Waals surface area contributed by atoms with Crippen molar-refractivity contribution in [3.8, 4) is 45.3 Å². The minimum Gasteiger partial charge on any atom is -0.308 e. The van der Waals surface area contributed by atoms with Gasteiger partial charge in [0.2, 0.25) is 0 Å². The molecule has 0 aliphatic heterocycles. The molecule has 5 aromatic heterocycles. The number of nitrogens with zero attached hydrogens (tertiary/aromatic N) is 4. The van der Waals surface area contributed by atoms with E-state index in [0.29, 0.717) is 5.82 Å². The van der Waals surface area contributed by atoms with E-state index in [2.05, 4.69) is 215 Å². The molecule has 0 unspecified atom stereocenters. The zero-order valence-corrected chi connectivity index (χ0v) is 35.9. The van der Waals surface area contributed by atoms with Gasteiger partial charge in [-0.25, -0.2) is 9.97 Å². The molecule has 64 heavy (non-hydrogen) atoms. The fourth-order valence-corrected chi connectivity index (χ4v) is 12.6. The van der Waals surface area contributed by atoms with E-state index in [1.807, 2.05) is 22.7 Å². The van der Waals surface area contributed by atoms with Crippen molar-refractivity contribution in [2.45, 2.75) is 0 Å². The van der Waals surface area contributed by atoms with Gasteiger partial charge in [-0.3, -0.25) is 0 Å². The number of hydrogen-bond donors (Lipinski definition) is 0. The summed E-state index contributed by atoms with van der Waals surface area (Å²) in [5.41, 5.74) is 11.6. The summed E-state index contributed by atoms with van der Waals surface area (Å²) in [7, 11) is 0. The molecule has 0 saturated heterocycles. The van der Waals surface area contributed by atoms with Gasteiger partial charge in [0, 0.05) is 80.6 Å². The van der Waals surface area contributed by atoms with Gasteiger partial charge in [-0.15, -0.1) is 22.7 Å². The van der Waals surface area contributed by atoms with Gasteiger partial charge in [-0.05, 0) is 48.5 Å². The van der Waals surface area contributed by atoms with Crippen LogP contribution in [-0.2, 0) is 0 Å². The van der Waals surface area contributed by atoms with Crippen LogP contribution in [0.4, 0.5) is 0 Å². The van der Waals surface area contributed by atoms with E-state index in [0.717, 1.165) is 50.5 Å². The van der Waals surface area contributed by atoms with E-state index in [9.17, 15) is 0 Å². The summed E-state index contributed by atoms with van der Waals surface area (Å²) in [6.07, 6.45) is 0. The lowest BCUT2D eigenvalue weighted by atomic mass is 10.1. The van der Waals surface area contributed by atoms with E-state index < -0.39 is 0 Å². The second kappa shape index (κ2) is 13.8. The van der Waals surface area contributed by atoms with Gasteiger partial charge in [-0.1, -0.05) is 158 Å². The Labute approximate surface area is 375 Å². The molecule has 0 atom stereocenters. The molecule has 0 amide bonds. The summed E-state index contributed by atoms with van der Waals surface area (Å²) in [5.74, 6) is 0.670. The van der Waals surface area contributed by atoms with E-state index in [1.54, 1.807) is 0 Å². The van der Waals surface area contributed by atoms with Crippen molar-refractivity contribution in [3.05, 3.63) is 206 Å². The number of benzene rings is 9. The molecule has 9 aromatic carbocycles. The molecule has 0 radical (unpaired) electrons. The Hall–Kier alpha value is -7.90. The minimum absolute atomic E-state index is 0.670. The number of hydrogen-bond acceptors (Lipinski definition) is 4. The van der Waals surface area contributed by atoms with Gasteiger partial charge in [-0.2, -0.15) is 0 Å². The highest BCUT2D eigenvalue weighted by atomic mass is 32.1. The van der Waals surface area contributed by atoms with Gasteiger partial charge >= 0.3 is 0 Å². The highest BCUT2D eigenvalue weighted by Crippen LogP contribution is 2.46. The lowest BCUT2D eigenvalue weighted by molar-refractivity contribution is 1.13. The van der Waals surface area contributed by atoms with Crippen molar-refractivity contribution in [2.24, 2.45) is 0 Å². The number of thiophene rings is 2. The Morgan fingerprint density at radius 2 is 0.719 bits per heavy atom. The van der Waals surface area contributed by atoms with Gasteiger partial charge < -0.3 is 9.13 Å². The van der Waals surface area contributed by atoms with E-state index in [4.69, 9.17) is 9.97 Å². The Balaban J connectivity index is 1.14. The van der Waals surface area contributed by atoms with Crippen molar-refractivity contribution in [3.63, 3.8) is 0 Å². The average Bonchev–Trinajstić information content (AvgIpc) is 4.12. The number of aromatic nitrogens is 4. The second-order valence-corrected chi connectivity index (χ2v) is 18.6. The lowest BCUT2D eigenvalue weighted by Crippen LogP contribution is -2.02. The van der Waals surface area contributed by atoms with Crippen LogP contribution in [-0.4, -0.2) is 19.1 Å². The highest BCUT2D eigenvalue weighted by molar-refractivity contribution is 7.27. The molecule has 0 saturated carbocycles. The summed E-state index contributed by atoms with van der Waals surface area (Å²) >= 11 is 3.75. The van der Waals surface area contributed by atoms with Crippen LogP contribution in [0.3, 0.4) is 0 Å². The highest BCUT2D eigenvalue weighted by Gasteiger charge is 2.23. The summed E-state index contributed by atoms with van der Waals surface area (Å²) in [5, 5.41) is 10.0. The van der Waals surface area contributed by atoms with Gasteiger partial charge in [0.05, 0.1) is 42.9 Å². The third-order valence-electron chi connectivity index (χ3n) is 12.9. The zero-order valence-electron chi connectivity index (χ0n) is 34.2. The Kier molecular flexibility index (Phi) is 7.69. The topological polar surface area (TPSA) is 35.6 Å². The summed E-state index contributed by atoms with van der Waals surface area (Å²) in [6, 6.07) is 74.6. The first-order valence-corrected chi connectivity index (χ1v) is 23.2. The minimum atomic E-state index is 0.670. The van der Waals surface area contributed by atoms with Gasteiger partial charge in [0.1, 0.15) is 0 Å². The molecular weight excluding hydrogens is 817 g/mol. The first-order valence-electron chi connectivity index (χ1n) is 21.6. The third-order valence-corrected chi connectivity index (χ3v) is 15.3. The molecule has 14 aromatic rings. The normalized spacial score (nSPS) is 12.1. The van der Waals surface area contributed by atoms with Crippen molar-refractivity contribution in [2.75, 3.05) is 0 Å². The van der Waals surface area contributed by atoms with Crippen LogP contribution in [0, 0.1) is 0 Å². The molecule has 298 valence electrons. The maximum atomic E-state index is 5.43. The first-order chi connectivity index (χ1) is 31.7. The van der Waals surface area contributed by atoms with Crippen LogP contribution >= 0.6 is 22.7 Å². The molecule has 0 spiro atoms. The zero-order chi connectivity index (χ0) is 41.9. The molecule has 14 rings (SSSR count). The number of fused-ring (bicyclic) bond motifs is 14. The molecule has 4 nitrogen and oxygen atoms in total. The maximum Gasteiger partial charge on any atom is 0.160 e. The third kappa shape index (κ3) is 5.27. The van der Waals surface area contributed by atoms with Crippen LogP contribution in [0.1, 0.15) is 0 Å². The molecule has 6 heteroatoms. The van der Waals surface area contributed by atoms with Crippen molar-refractivity contribution in [1.82, 2.24) is 19.1 Å². The van der Waals surface area contributed by atoms with E-state index in [-0.39, 0.29) is 0 Å². The summed E-state index contributed by atoms with van der Waals surface area (Å²) in [4.78, 5) is 10.9. The van der Waals surface area contributed by atoms with E-state index >= 15 is 0 Å². The average molecular weight is 851 g/mol. The Bertz CT molecular complexity index is 3930. The molecule has 0 aliphatic rings. The van der Waals surface area contributed by atoms with Crippen LogP contribution in [0.2, 0.25) is 0 Å². The van der Waals surface area contributed by atoms with Crippen LogP contribution in [0.15, 0.2) is 206 Å². The Morgan fingerprint density at radius 3 is 1.20 bits per heavy atom. The fraction of sp³-hybridized carbons (Fsp3) is 0. The van der Waals surface area contributed by atoms with Gasteiger partial charge in [0.15, 0.2) is 5.82 Å². The smallest absolute Gasteiger partial charge is 0.160 e. The number of para-hydroxylation sites is 2. The Morgan fingerprint density at radius 1 is 0.312 bits per heavy atom. The summed E-state index contributed by atoms with van der Waals surface area (Å²) < 4.78 is 10.1. The second-order valence-electron chi connectivity index (χ2n) is 16.5. The molecule has 0 fully saturated rings. The lowest BCUT2D eigenvalue weighted by Gasteiger charge is -2.16. The first kappa shape index (κ1) is 35.7. The molecule has 0 N–H and O–H groups in total. The van der Waals surface area contributed by atoms with Crippen molar-refractivity contribution >= 4 is 107 Å². The van der Waals surface area contributed by atoms with Gasteiger partial charge in [0.25, 0.3) is 0 Å². The predicted octanol–water partition coefficient (Wildman–Crippen LogP) is 16.4. The standard InChI is InChI=1S/C58H34N4S2/c1-3-15-35(16-4-1)48-34-49(36-17-5-2-6-18-36)60-58(59-48)37-31-38(61-50-23-11-7-19-40(50)44-27-29-46-42-21-9-13-25-52(42)63-56(46)54(44)61)33-39(32-37)62-51-24-12-8-20-41(51)45-28-30-47-43-22-10-14-26-53(43)64-57(47)55(45)62/h1-34H. The molecular formula is C58H34N4S2. The van der Waals surface area contributed by atoms with E-state index in [1.165, 1.54) is 72.9 Å². The maximum absolute atomic E-state index is 5.43. The fourth-order valence-electron chi connectivity index (χ4n) is 10.1. The van der Waals surface area contributed by atoms with Crippen molar-refractivity contribution in [1.29, 1.82) is 0 Å². The van der Waals surface area contributed by atoms with Crippen molar-refractivity contribution < 1.29 is 0 Å². The van der Waals surface area contributed by atoms with Crippen LogP contribution in [0.5, 0.6) is 0 Å². The molecule has 0 bridgehead atoms.